The molecule has 0 saturated carbocycles. The van der Waals surface area contributed by atoms with Crippen molar-refractivity contribution in [2.45, 2.75) is 20.8 Å². The second-order valence-corrected chi connectivity index (χ2v) is 2.95. The summed E-state index contributed by atoms with van der Waals surface area (Å²) in [7, 11) is 1.58. The lowest BCUT2D eigenvalue weighted by atomic mass is 10.2. The van der Waals surface area contributed by atoms with Crippen LogP contribution in [0, 0.1) is 5.92 Å². The maximum absolute atomic E-state index is 5.74. The molecule has 1 unspecified atom stereocenters. The zero-order chi connectivity index (χ0) is 11.7. The van der Waals surface area contributed by atoms with Gasteiger partial charge in [0.05, 0.1) is 5.70 Å². The van der Waals surface area contributed by atoms with E-state index in [4.69, 9.17) is 15.2 Å². The van der Waals surface area contributed by atoms with Gasteiger partial charge in [-0.2, -0.15) is 0 Å². The van der Waals surface area contributed by atoms with E-state index >= 15 is 0 Å². The van der Waals surface area contributed by atoms with Crippen LogP contribution in [0.25, 0.3) is 0 Å². The van der Waals surface area contributed by atoms with Gasteiger partial charge in [-0.05, 0) is 18.1 Å². The third-order valence-corrected chi connectivity index (χ3v) is 1.75. The van der Waals surface area contributed by atoms with Crippen LogP contribution < -0.4 is 5.73 Å². The average Bonchev–Trinajstić information content (AvgIpc) is 2.43. The number of rotatable bonds is 3. The number of hydrogen-bond donors (Lipinski definition) is 1. The number of nitrogens with two attached hydrogens (primary N) is 1. The molecule has 1 aliphatic carbocycles. The van der Waals surface area contributed by atoms with Crippen molar-refractivity contribution in [3.8, 4) is 0 Å². The van der Waals surface area contributed by atoms with Crippen LogP contribution in [-0.4, -0.2) is 13.9 Å². The fraction of sp³-hybridized carbons (Fsp3) is 0.500. The van der Waals surface area contributed by atoms with Crippen molar-refractivity contribution in [3.05, 3.63) is 35.8 Å². The monoisotopic (exact) mass is 211 g/mol. The molecule has 1 atom stereocenters. The molecule has 1 aliphatic rings. The van der Waals surface area contributed by atoms with Crippen LogP contribution in [-0.2, 0) is 9.47 Å². The highest BCUT2D eigenvalue weighted by molar-refractivity contribution is 5.30. The number of allylic oxidation sites excluding steroid dienone is 4. The van der Waals surface area contributed by atoms with E-state index in [1.807, 2.05) is 38.2 Å². The first kappa shape index (κ1) is 13.8. The van der Waals surface area contributed by atoms with Gasteiger partial charge < -0.3 is 15.2 Å². The molecule has 86 valence electrons. The quantitative estimate of drug-likeness (QED) is 0.730. The minimum atomic E-state index is 0.225. The van der Waals surface area contributed by atoms with Crippen LogP contribution >= 0.6 is 0 Å². The molecule has 0 fully saturated rings. The molecule has 15 heavy (non-hydrogen) atoms. The Balaban J connectivity index is 0.000000921. The van der Waals surface area contributed by atoms with Crippen molar-refractivity contribution >= 4 is 0 Å². The average molecular weight is 211 g/mol. The smallest absolute Gasteiger partial charge is 0.188 e. The van der Waals surface area contributed by atoms with Crippen molar-refractivity contribution < 1.29 is 9.47 Å². The van der Waals surface area contributed by atoms with E-state index in [0.29, 0.717) is 17.4 Å². The zero-order valence-electron chi connectivity index (χ0n) is 9.99. The van der Waals surface area contributed by atoms with Crippen molar-refractivity contribution in [1.82, 2.24) is 0 Å². The molecule has 1 rings (SSSR count). The lowest BCUT2D eigenvalue weighted by Gasteiger charge is -2.06. The van der Waals surface area contributed by atoms with Gasteiger partial charge in [-0.15, -0.1) is 0 Å². The van der Waals surface area contributed by atoms with Gasteiger partial charge >= 0.3 is 0 Å². The summed E-state index contributed by atoms with van der Waals surface area (Å²) in [5, 5.41) is 0. The zero-order valence-corrected chi connectivity index (χ0v) is 9.99. The highest BCUT2D eigenvalue weighted by Gasteiger charge is 2.03. The Bertz CT molecular complexity index is 254. The van der Waals surface area contributed by atoms with Gasteiger partial charge in [0, 0.05) is 7.11 Å². The molecule has 0 aromatic carbocycles. The predicted molar refractivity (Wildman–Crippen MR) is 63.0 cm³/mol. The summed E-state index contributed by atoms with van der Waals surface area (Å²) in [6, 6.07) is 0. The molecule has 2 N–H and O–H groups in total. The summed E-state index contributed by atoms with van der Waals surface area (Å²) in [4.78, 5) is 0. The van der Waals surface area contributed by atoms with E-state index in [0.717, 1.165) is 0 Å². The largest absolute Gasteiger partial charge is 0.465 e. The Morgan fingerprint density at radius 3 is 2.47 bits per heavy atom. The van der Waals surface area contributed by atoms with Crippen LogP contribution in [0.2, 0.25) is 0 Å². The molecule has 0 aromatic rings. The van der Waals surface area contributed by atoms with E-state index in [2.05, 4.69) is 6.92 Å². The van der Waals surface area contributed by atoms with Crippen molar-refractivity contribution in [1.29, 1.82) is 0 Å². The lowest BCUT2D eigenvalue weighted by molar-refractivity contribution is 0.00918. The number of methoxy groups -OCH3 is 1. The molecule has 0 saturated heterocycles. The summed E-state index contributed by atoms with van der Waals surface area (Å²) < 4.78 is 10.1. The molecule has 0 aliphatic heterocycles. The van der Waals surface area contributed by atoms with Crippen molar-refractivity contribution in [2.75, 3.05) is 13.9 Å². The minimum absolute atomic E-state index is 0.225. The van der Waals surface area contributed by atoms with Crippen LogP contribution in [0.3, 0.4) is 0 Å². The van der Waals surface area contributed by atoms with Gasteiger partial charge in [-0.1, -0.05) is 32.9 Å². The van der Waals surface area contributed by atoms with Gasteiger partial charge in [0.25, 0.3) is 0 Å². The maximum atomic E-state index is 5.74. The standard InChI is InChI=1S/C10H15NO2.C2H6/c1-8-3-5-9(11)10(6-4-8)13-7-12-2;1-2/h3-6,8H,7,11H2,1-2H3;1-2H3. The SMILES string of the molecule is CC.COCOC1=C(N)C=CC(C)C=C1. The lowest BCUT2D eigenvalue weighted by Crippen LogP contribution is -2.03. The first-order valence-electron chi connectivity index (χ1n) is 5.22. The number of hydrogen-bond acceptors (Lipinski definition) is 3. The first-order valence-corrected chi connectivity index (χ1v) is 5.22. The van der Waals surface area contributed by atoms with Gasteiger partial charge in [-0.3, -0.25) is 0 Å². The van der Waals surface area contributed by atoms with Gasteiger partial charge in [-0.25, -0.2) is 0 Å². The molecule has 0 bridgehead atoms. The van der Waals surface area contributed by atoms with Crippen LogP contribution in [0.1, 0.15) is 20.8 Å². The summed E-state index contributed by atoms with van der Waals surface area (Å²) in [5.74, 6) is 1.06. The Morgan fingerprint density at radius 1 is 1.27 bits per heavy atom. The third-order valence-electron chi connectivity index (χ3n) is 1.75. The van der Waals surface area contributed by atoms with E-state index in [1.54, 1.807) is 7.11 Å². The Kier molecular flexibility index (Phi) is 7.46. The highest BCUT2D eigenvalue weighted by Crippen LogP contribution is 2.13. The van der Waals surface area contributed by atoms with Crippen LogP contribution in [0.5, 0.6) is 0 Å². The predicted octanol–water partition coefficient (Wildman–Crippen LogP) is 2.57. The van der Waals surface area contributed by atoms with Crippen LogP contribution in [0.4, 0.5) is 0 Å². The van der Waals surface area contributed by atoms with Crippen molar-refractivity contribution in [2.24, 2.45) is 11.7 Å². The van der Waals surface area contributed by atoms with Gasteiger partial charge in [0.15, 0.2) is 6.79 Å². The molecule has 0 spiro atoms. The fourth-order valence-corrected chi connectivity index (χ4v) is 0.991. The molecule has 3 nitrogen and oxygen atoms in total. The van der Waals surface area contributed by atoms with Crippen LogP contribution in [0.15, 0.2) is 35.8 Å². The number of ether oxygens (including phenoxy) is 2. The molecule has 0 radical (unpaired) electrons. The molecule has 0 aromatic heterocycles. The van der Waals surface area contributed by atoms with E-state index in [9.17, 15) is 0 Å². The normalized spacial score (nSPS) is 19.3. The topological polar surface area (TPSA) is 44.5 Å². The summed E-state index contributed by atoms with van der Waals surface area (Å²) in [5.41, 5.74) is 6.38. The Morgan fingerprint density at radius 2 is 1.87 bits per heavy atom. The van der Waals surface area contributed by atoms with E-state index < -0.39 is 0 Å². The van der Waals surface area contributed by atoms with Gasteiger partial charge in [0.1, 0.15) is 5.76 Å². The Hall–Kier alpha value is -1.22. The molecular formula is C12H21NO2. The Labute approximate surface area is 92.3 Å². The molecular weight excluding hydrogens is 190 g/mol. The fourth-order valence-electron chi connectivity index (χ4n) is 0.991. The second kappa shape index (κ2) is 8.12. The molecule has 0 heterocycles. The first-order chi connectivity index (χ1) is 7.24. The third kappa shape index (κ3) is 5.27. The van der Waals surface area contributed by atoms with E-state index in [-0.39, 0.29) is 6.79 Å². The summed E-state index contributed by atoms with van der Waals surface area (Å²) >= 11 is 0. The van der Waals surface area contributed by atoms with Gasteiger partial charge in [0.2, 0.25) is 0 Å². The highest BCUT2D eigenvalue weighted by atomic mass is 16.7. The van der Waals surface area contributed by atoms with E-state index in [1.165, 1.54) is 0 Å². The minimum Gasteiger partial charge on any atom is -0.465 e. The summed E-state index contributed by atoms with van der Waals surface area (Å²) in [6.07, 6.45) is 7.78. The molecule has 3 heteroatoms. The molecule has 0 amide bonds. The van der Waals surface area contributed by atoms with Crippen molar-refractivity contribution in [3.63, 3.8) is 0 Å². The second-order valence-electron chi connectivity index (χ2n) is 2.95. The summed E-state index contributed by atoms with van der Waals surface area (Å²) in [6.45, 7) is 6.31. The maximum Gasteiger partial charge on any atom is 0.188 e.